The van der Waals surface area contributed by atoms with Crippen LogP contribution in [0.3, 0.4) is 0 Å². The lowest BCUT2D eigenvalue weighted by molar-refractivity contribution is -0.136. The van der Waals surface area contributed by atoms with E-state index in [2.05, 4.69) is 0 Å². The molecule has 1 aromatic heterocycles. The fourth-order valence-electron chi connectivity index (χ4n) is 1.16. The minimum absolute atomic E-state index is 0.390. The molecule has 1 aromatic rings. The van der Waals surface area contributed by atoms with Gasteiger partial charge in [-0.2, -0.15) is 0 Å². The van der Waals surface area contributed by atoms with Gasteiger partial charge in [-0.15, -0.1) is 0 Å². The van der Waals surface area contributed by atoms with Crippen LogP contribution in [0.25, 0.3) is 0 Å². The third-order valence-electron chi connectivity index (χ3n) is 1.71. The van der Waals surface area contributed by atoms with E-state index in [1.54, 1.807) is 4.98 Å². The summed E-state index contributed by atoms with van der Waals surface area (Å²) in [6, 6.07) is 0.731. The molecule has 0 amide bonds. The molecule has 0 aromatic carbocycles. The second kappa shape index (κ2) is 4.07. The Morgan fingerprint density at radius 2 is 2.13 bits per heavy atom. The molecule has 0 spiro atoms. The third-order valence-corrected chi connectivity index (χ3v) is 1.71. The van der Waals surface area contributed by atoms with E-state index >= 15 is 0 Å². The van der Waals surface area contributed by atoms with Gasteiger partial charge >= 0.3 is 5.97 Å². The lowest BCUT2D eigenvalue weighted by Gasteiger charge is -2.07. The molecule has 0 unspecified atom stereocenters. The van der Waals surface area contributed by atoms with E-state index < -0.39 is 41.4 Å². The molecule has 0 saturated heterocycles. The molecule has 0 atom stereocenters. The Bertz CT molecular complexity index is 441. The van der Waals surface area contributed by atoms with Gasteiger partial charge in [0.15, 0.2) is 0 Å². The smallest absolute Gasteiger partial charge is 0.307 e. The van der Waals surface area contributed by atoms with Crippen LogP contribution in [0.1, 0.15) is 17.6 Å². The van der Waals surface area contributed by atoms with Gasteiger partial charge in [-0.1, -0.05) is 0 Å². The molecule has 0 aliphatic rings. The number of alkyl halides is 2. The van der Waals surface area contributed by atoms with Crippen molar-refractivity contribution in [1.82, 2.24) is 4.98 Å². The fourth-order valence-corrected chi connectivity index (χ4v) is 1.16. The summed E-state index contributed by atoms with van der Waals surface area (Å²) in [5, 5.41) is 17.4. The monoisotopic (exact) mass is 219 g/mol. The van der Waals surface area contributed by atoms with Crippen LogP contribution in [-0.4, -0.2) is 21.2 Å². The Morgan fingerprint density at radius 1 is 1.53 bits per heavy atom. The first kappa shape index (κ1) is 11.2. The van der Waals surface area contributed by atoms with Crippen molar-refractivity contribution < 1.29 is 23.8 Å². The van der Waals surface area contributed by atoms with Crippen molar-refractivity contribution in [2.75, 3.05) is 0 Å². The topological polar surface area (TPSA) is 90.4 Å². The highest BCUT2D eigenvalue weighted by Crippen LogP contribution is 2.28. The van der Waals surface area contributed by atoms with Crippen molar-refractivity contribution in [3.63, 3.8) is 0 Å². The molecular weight excluding hydrogens is 212 g/mol. The number of aromatic hydroxyl groups is 1. The zero-order valence-corrected chi connectivity index (χ0v) is 7.33. The Kier molecular flexibility index (Phi) is 3.03. The molecule has 0 radical (unpaired) electrons. The molecule has 1 rings (SSSR count). The lowest BCUT2D eigenvalue weighted by atomic mass is 10.1. The molecule has 0 aliphatic heterocycles. The zero-order valence-electron chi connectivity index (χ0n) is 7.33. The number of carboxylic acids is 1. The Labute approximate surface area is 82.0 Å². The number of pyridine rings is 1. The predicted molar refractivity (Wildman–Crippen MR) is 45.0 cm³/mol. The molecule has 5 nitrogen and oxygen atoms in total. The number of carbonyl (C=O) groups is 1. The van der Waals surface area contributed by atoms with E-state index in [-0.39, 0.29) is 0 Å². The number of aromatic amines is 1. The second-order valence-electron chi connectivity index (χ2n) is 2.79. The predicted octanol–water partition coefficient (Wildman–Crippen LogP) is 0.645. The Balaban J connectivity index is 3.33. The van der Waals surface area contributed by atoms with Gasteiger partial charge in [0.1, 0.15) is 0 Å². The summed E-state index contributed by atoms with van der Waals surface area (Å²) in [6.45, 7) is 0. The fraction of sp³-hybridized carbons (Fsp3) is 0.250. The maximum absolute atomic E-state index is 12.4. The maximum atomic E-state index is 12.4. The number of H-pyrrole nitrogens is 1. The number of rotatable bonds is 3. The van der Waals surface area contributed by atoms with Gasteiger partial charge in [-0.05, 0) is 5.56 Å². The van der Waals surface area contributed by atoms with Crippen LogP contribution in [0, 0.1) is 0 Å². The average molecular weight is 219 g/mol. The van der Waals surface area contributed by atoms with Gasteiger partial charge in [0.05, 0.1) is 12.0 Å². The minimum atomic E-state index is -3.05. The van der Waals surface area contributed by atoms with Crippen LogP contribution in [0.4, 0.5) is 8.78 Å². The lowest BCUT2D eigenvalue weighted by Crippen LogP contribution is -2.12. The molecule has 0 bridgehead atoms. The molecule has 0 fully saturated rings. The van der Waals surface area contributed by atoms with Crippen molar-refractivity contribution in [3.05, 3.63) is 27.5 Å². The largest absolute Gasteiger partial charge is 0.494 e. The molecule has 0 saturated carbocycles. The average Bonchev–Trinajstić information content (AvgIpc) is 1.99. The number of carboxylic acid groups (broad SMARTS) is 1. The molecule has 7 heteroatoms. The normalized spacial score (nSPS) is 10.6. The van der Waals surface area contributed by atoms with Gasteiger partial charge in [0.25, 0.3) is 12.0 Å². The first-order valence-corrected chi connectivity index (χ1v) is 3.87. The highest BCUT2D eigenvalue weighted by atomic mass is 19.3. The van der Waals surface area contributed by atoms with E-state index in [4.69, 9.17) is 10.2 Å². The molecule has 15 heavy (non-hydrogen) atoms. The van der Waals surface area contributed by atoms with Crippen LogP contribution in [0.15, 0.2) is 10.9 Å². The quantitative estimate of drug-likeness (QED) is 0.695. The molecule has 0 aliphatic carbocycles. The van der Waals surface area contributed by atoms with Gasteiger partial charge < -0.3 is 10.2 Å². The number of halogens is 2. The standard InChI is InChI=1S/C8H7F2NO4/c9-7(10)6-3(2-5(13)14)1-4(12)11-8(6)15/h1,7H,2H2,(H,13,14)(H2,11,12,15). The maximum Gasteiger partial charge on any atom is 0.307 e. The van der Waals surface area contributed by atoms with Crippen LogP contribution < -0.4 is 5.56 Å². The van der Waals surface area contributed by atoms with E-state index in [0.717, 1.165) is 6.07 Å². The van der Waals surface area contributed by atoms with E-state index in [1.807, 2.05) is 0 Å². The summed E-state index contributed by atoms with van der Waals surface area (Å²) in [5.74, 6) is -2.35. The van der Waals surface area contributed by atoms with E-state index in [9.17, 15) is 18.4 Å². The molecule has 82 valence electrons. The second-order valence-corrected chi connectivity index (χ2v) is 2.79. The highest BCUT2D eigenvalue weighted by molar-refractivity contribution is 5.71. The SMILES string of the molecule is O=C(O)Cc1cc(=O)[nH]c(O)c1C(F)F. The Morgan fingerprint density at radius 3 is 2.60 bits per heavy atom. The summed E-state index contributed by atoms with van der Waals surface area (Å²) >= 11 is 0. The Hall–Kier alpha value is -1.92. The first-order valence-electron chi connectivity index (χ1n) is 3.87. The van der Waals surface area contributed by atoms with Crippen molar-refractivity contribution in [3.8, 4) is 5.88 Å². The molecule has 1 heterocycles. The van der Waals surface area contributed by atoms with Crippen molar-refractivity contribution in [2.45, 2.75) is 12.8 Å². The molecular formula is C8H7F2NO4. The number of aromatic nitrogens is 1. The molecule has 3 N–H and O–H groups in total. The van der Waals surface area contributed by atoms with Crippen molar-refractivity contribution in [2.24, 2.45) is 0 Å². The third kappa shape index (κ3) is 2.52. The van der Waals surface area contributed by atoms with E-state index in [1.165, 1.54) is 0 Å². The van der Waals surface area contributed by atoms with Crippen molar-refractivity contribution >= 4 is 5.97 Å². The number of hydrogen-bond acceptors (Lipinski definition) is 3. The number of aliphatic carboxylic acids is 1. The first-order chi connectivity index (χ1) is 6.91. The number of hydrogen-bond donors (Lipinski definition) is 3. The van der Waals surface area contributed by atoms with Crippen LogP contribution in [0.2, 0.25) is 0 Å². The van der Waals surface area contributed by atoms with Crippen LogP contribution in [0.5, 0.6) is 5.88 Å². The number of nitrogens with one attached hydrogen (secondary N) is 1. The van der Waals surface area contributed by atoms with Crippen LogP contribution in [-0.2, 0) is 11.2 Å². The van der Waals surface area contributed by atoms with Gasteiger partial charge in [-0.25, -0.2) is 8.78 Å². The summed E-state index contributed by atoms with van der Waals surface area (Å²) in [4.78, 5) is 22.9. The summed E-state index contributed by atoms with van der Waals surface area (Å²) in [6.07, 6.45) is -3.78. The van der Waals surface area contributed by atoms with Gasteiger partial charge in [0.2, 0.25) is 5.88 Å². The van der Waals surface area contributed by atoms with Crippen LogP contribution >= 0.6 is 0 Å². The summed E-state index contributed by atoms with van der Waals surface area (Å²) < 4.78 is 24.8. The summed E-state index contributed by atoms with van der Waals surface area (Å²) in [7, 11) is 0. The van der Waals surface area contributed by atoms with E-state index in [0.29, 0.717) is 0 Å². The zero-order chi connectivity index (χ0) is 11.6. The van der Waals surface area contributed by atoms with Gasteiger partial charge in [0, 0.05) is 6.07 Å². The van der Waals surface area contributed by atoms with Gasteiger partial charge in [-0.3, -0.25) is 14.6 Å². The minimum Gasteiger partial charge on any atom is -0.494 e. The van der Waals surface area contributed by atoms with Crippen molar-refractivity contribution in [1.29, 1.82) is 0 Å². The summed E-state index contributed by atoms with van der Waals surface area (Å²) in [5.41, 5.74) is -2.07. The highest BCUT2D eigenvalue weighted by Gasteiger charge is 2.20.